The zero-order valence-electron chi connectivity index (χ0n) is 18.0. The van der Waals surface area contributed by atoms with Crippen LogP contribution in [0.1, 0.15) is 41.3 Å². The van der Waals surface area contributed by atoms with E-state index in [0.717, 1.165) is 23.2 Å². The zero-order chi connectivity index (χ0) is 22.8. The highest BCUT2D eigenvalue weighted by molar-refractivity contribution is 5.99. The minimum absolute atomic E-state index is 0.00881. The Morgan fingerprint density at radius 1 is 1.06 bits per heavy atom. The fourth-order valence-electron chi connectivity index (χ4n) is 3.82. The summed E-state index contributed by atoms with van der Waals surface area (Å²) < 4.78 is 6.34. The van der Waals surface area contributed by atoms with Crippen LogP contribution in [0.5, 0.6) is 17.5 Å². The Bertz CT molecular complexity index is 1140. The molecule has 0 saturated carbocycles. The number of carbonyl (C=O) groups excluding carboxylic acids is 1. The van der Waals surface area contributed by atoms with E-state index >= 15 is 0 Å². The number of phenolic OH excluding ortho intramolecular Hbond substituents is 2. The predicted molar refractivity (Wildman–Crippen MR) is 117 cm³/mol. The van der Waals surface area contributed by atoms with Gasteiger partial charge in [0.2, 0.25) is 0 Å². The lowest BCUT2D eigenvalue weighted by Gasteiger charge is -2.26. The molecule has 0 aliphatic carbocycles. The molecule has 9 nitrogen and oxygen atoms in total. The minimum Gasteiger partial charge on any atom is -0.508 e. The fourth-order valence-corrected chi connectivity index (χ4v) is 3.82. The smallest absolute Gasteiger partial charge is 0.322 e. The van der Waals surface area contributed by atoms with E-state index in [1.54, 1.807) is 24.3 Å². The molecule has 1 aliphatic heterocycles. The maximum atomic E-state index is 13.3. The first-order chi connectivity index (χ1) is 15.3. The summed E-state index contributed by atoms with van der Waals surface area (Å²) in [6.07, 6.45) is 0. The molecule has 1 aliphatic rings. The zero-order valence-corrected chi connectivity index (χ0v) is 18.0. The van der Waals surface area contributed by atoms with Crippen molar-refractivity contribution in [2.24, 2.45) is 0 Å². The number of benzene rings is 2. The van der Waals surface area contributed by atoms with E-state index in [2.05, 4.69) is 15.1 Å². The van der Waals surface area contributed by atoms with Gasteiger partial charge in [0, 0.05) is 31.3 Å². The van der Waals surface area contributed by atoms with Gasteiger partial charge >= 0.3 is 6.01 Å². The molecule has 9 heteroatoms. The Hall–Kier alpha value is -3.43. The fraction of sp³-hybridized carbons (Fsp3) is 0.348. The van der Waals surface area contributed by atoms with Gasteiger partial charge in [-0.3, -0.25) is 9.69 Å². The van der Waals surface area contributed by atoms with Crippen molar-refractivity contribution in [1.82, 2.24) is 19.7 Å². The second kappa shape index (κ2) is 8.97. The summed E-state index contributed by atoms with van der Waals surface area (Å²) in [7, 11) is 0. The van der Waals surface area contributed by atoms with Crippen LogP contribution in [-0.4, -0.2) is 67.2 Å². The van der Waals surface area contributed by atoms with Crippen LogP contribution in [0, 0.1) is 0 Å². The summed E-state index contributed by atoms with van der Waals surface area (Å²) in [4.78, 5) is 15.6. The number of hydrogen-bond donors (Lipinski definition) is 3. The second-order valence-corrected chi connectivity index (χ2v) is 8.14. The number of phenols is 2. The van der Waals surface area contributed by atoms with E-state index in [4.69, 9.17) is 4.74 Å². The molecule has 168 valence electrons. The molecule has 0 bridgehead atoms. The molecule has 3 N–H and O–H groups in total. The van der Waals surface area contributed by atoms with Crippen molar-refractivity contribution in [2.75, 3.05) is 26.3 Å². The highest BCUT2D eigenvalue weighted by Crippen LogP contribution is 2.38. The monoisotopic (exact) mass is 438 g/mol. The Morgan fingerprint density at radius 2 is 1.81 bits per heavy atom. The van der Waals surface area contributed by atoms with Crippen molar-refractivity contribution >= 4 is 5.91 Å². The van der Waals surface area contributed by atoms with E-state index in [1.165, 1.54) is 6.07 Å². The largest absolute Gasteiger partial charge is 0.508 e. The molecule has 2 aromatic carbocycles. The minimum atomic E-state index is -0.581. The van der Waals surface area contributed by atoms with E-state index in [-0.39, 0.29) is 28.8 Å². The first-order valence-electron chi connectivity index (χ1n) is 10.5. The van der Waals surface area contributed by atoms with Gasteiger partial charge in [0.05, 0.1) is 18.8 Å². The van der Waals surface area contributed by atoms with Gasteiger partial charge in [-0.2, -0.15) is 0 Å². The predicted octanol–water partition coefficient (Wildman–Crippen LogP) is 2.71. The molecular formula is C23H26N4O5. The van der Waals surface area contributed by atoms with Gasteiger partial charge in [-0.15, -0.1) is 5.10 Å². The summed E-state index contributed by atoms with van der Waals surface area (Å²) in [6, 6.07) is 9.34. The van der Waals surface area contributed by atoms with Gasteiger partial charge in [0.25, 0.3) is 5.91 Å². The number of ether oxygens (including phenoxy) is 1. The van der Waals surface area contributed by atoms with E-state index in [1.807, 2.05) is 19.9 Å². The average Bonchev–Trinajstić information content (AvgIpc) is 3.15. The number of nitrogens with zero attached hydrogens (tertiary/aromatic N) is 4. The molecule has 0 unspecified atom stereocenters. The third kappa shape index (κ3) is 4.30. The number of hydrogen-bond acceptors (Lipinski definition) is 8. The maximum Gasteiger partial charge on any atom is 0.322 e. The standard InChI is InChI=1S/C23H26N4O5/c1-14(2)17-11-18(20(29)12-19(17)28)21-24-25-23(31)27(21)22(30)16-5-3-4-15(10-16)13-26-6-8-32-9-7-26/h3-5,10-12,14,28-29H,6-9,13H2,1-2H3,(H,25,31). The Balaban J connectivity index is 1.69. The lowest BCUT2D eigenvalue weighted by Crippen LogP contribution is -2.35. The van der Waals surface area contributed by atoms with Crippen molar-refractivity contribution in [1.29, 1.82) is 0 Å². The van der Waals surface area contributed by atoms with Gasteiger partial charge in [0.15, 0.2) is 5.82 Å². The number of aromatic hydroxyl groups is 3. The topological polar surface area (TPSA) is 121 Å². The number of carbonyl (C=O) groups is 1. The van der Waals surface area contributed by atoms with Crippen LogP contribution >= 0.6 is 0 Å². The van der Waals surface area contributed by atoms with E-state index in [0.29, 0.717) is 30.9 Å². The summed E-state index contributed by atoms with van der Waals surface area (Å²) in [5, 5.41) is 38.4. The van der Waals surface area contributed by atoms with Crippen molar-refractivity contribution in [3.63, 3.8) is 0 Å². The van der Waals surface area contributed by atoms with Crippen LogP contribution in [0.2, 0.25) is 0 Å². The van der Waals surface area contributed by atoms with Crippen LogP contribution in [0.15, 0.2) is 36.4 Å². The normalized spacial score (nSPS) is 14.7. The Kier molecular flexibility index (Phi) is 6.11. The molecule has 1 fully saturated rings. The Labute approximate surface area is 185 Å². The van der Waals surface area contributed by atoms with Crippen LogP contribution in [0.25, 0.3) is 11.4 Å². The summed E-state index contributed by atoms with van der Waals surface area (Å²) in [5.41, 5.74) is 2.08. The third-order valence-corrected chi connectivity index (χ3v) is 5.54. The molecule has 0 atom stereocenters. The van der Waals surface area contributed by atoms with E-state index in [9.17, 15) is 20.1 Å². The summed E-state index contributed by atoms with van der Waals surface area (Å²) in [6.45, 7) is 7.49. The van der Waals surface area contributed by atoms with Gasteiger partial charge in [-0.05, 0) is 35.2 Å². The van der Waals surface area contributed by atoms with Crippen LogP contribution < -0.4 is 0 Å². The Morgan fingerprint density at radius 3 is 2.53 bits per heavy atom. The molecular weight excluding hydrogens is 412 g/mol. The molecule has 4 rings (SSSR count). The van der Waals surface area contributed by atoms with Crippen molar-refractivity contribution in [3.05, 3.63) is 53.1 Å². The molecule has 0 amide bonds. The lowest BCUT2D eigenvalue weighted by molar-refractivity contribution is 0.0342. The highest BCUT2D eigenvalue weighted by atomic mass is 16.5. The van der Waals surface area contributed by atoms with Gasteiger partial charge < -0.3 is 20.1 Å². The quantitative estimate of drug-likeness (QED) is 0.556. The molecule has 0 spiro atoms. The number of morpholine rings is 1. The van der Waals surface area contributed by atoms with Crippen molar-refractivity contribution in [2.45, 2.75) is 26.3 Å². The highest BCUT2D eigenvalue weighted by Gasteiger charge is 2.24. The number of rotatable bonds is 5. The van der Waals surface area contributed by atoms with Crippen LogP contribution in [0.4, 0.5) is 0 Å². The van der Waals surface area contributed by atoms with Gasteiger partial charge in [-0.1, -0.05) is 31.1 Å². The maximum absolute atomic E-state index is 13.3. The van der Waals surface area contributed by atoms with Crippen molar-refractivity contribution < 1.29 is 24.9 Å². The third-order valence-electron chi connectivity index (χ3n) is 5.54. The molecule has 1 aromatic heterocycles. The van der Waals surface area contributed by atoms with Gasteiger partial charge in [-0.25, -0.2) is 4.57 Å². The van der Waals surface area contributed by atoms with Gasteiger partial charge in [0.1, 0.15) is 11.5 Å². The number of aromatic nitrogens is 3. The lowest BCUT2D eigenvalue weighted by atomic mass is 9.98. The summed E-state index contributed by atoms with van der Waals surface area (Å²) in [5.74, 6) is -0.893. The second-order valence-electron chi connectivity index (χ2n) is 8.14. The molecule has 0 radical (unpaired) electrons. The van der Waals surface area contributed by atoms with E-state index < -0.39 is 11.9 Å². The van der Waals surface area contributed by atoms with Crippen molar-refractivity contribution in [3.8, 4) is 28.9 Å². The summed E-state index contributed by atoms with van der Waals surface area (Å²) >= 11 is 0. The molecule has 32 heavy (non-hydrogen) atoms. The SMILES string of the molecule is CC(C)c1cc(-c2nnc(O)n2C(=O)c2cccc(CN3CCOCC3)c2)c(O)cc1O. The first-order valence-corrected chi connectivity index (χ1v) is 10.5. The average molecular weight is 438 g/mol. The first kappa shape index (κ1) is 21.8. The van der Waals surface area contributed by atoms with Crippen LogP contribution in [0.3, 0.4) is 0 Å². The molecule has 1 saturated heterocycles. The molecule has 3 aromatic rings. The van der Waals surface area contributed by atoms with Crippen LogP contribution in [-0.2, 0) is 11.3 Å². The molecule has 2 heterocycles.